The Morgan fingerprint density at radius 3 is 2.82 bits per heavy atom. The summed E-state index contributed by atoms with van der Waals surface area (Å²) in [4.78, 5) is 40.7. The Hall–Kier alpha value is -3.13. The van der Waals surface area contributed by atoms with E-state index in [0.717, 1.165) is 30.6 Å². The SMILES string of the molecule is C[C@@H]1[C@@H]([Si](C)(C)O)[C@H](CCn2cc(CCO)nn2)O[C@@]12C(=O)N(Cc1cccc(NC(=O)[C@H]3CCCN3)c1)c1ccc(Cl)cc12. The summed E-state index contributed by atoms with van der Waals surface area (Å²) in [5, 5.41) is 24.3. The average molecular weight is 653 g/mol. The van der Waals surface area contributed by atoms with Gasteiger partial charge in [-0.1, -0.05) is 35.9 Å². The Bertz CT molecular complexity index is 1570. The first-order chi connectivity index (χ1) is 21.5. The van der Waals surface area contributed by atoms with Crippen LogP contribution in [0, 0.1) is 5.92 Å². The molecule has 1 aromatic heterocycles. The molecular weight excluding hydrogens is 612 g/mol. The normalized spacial score (nSPS) is 26.2. The molecule has 5 atom stereocenters. The predicted octanol–water partition coefficient (Wildman–Crippen LogP) is 3.59. The summed E-state index contributed by atoms with van der Waals surface area (Å²) in [5.41, 5.74) is 2.12. The van der Waals surface area contributed by atoms with E-state index in [2.05, 4.69) is 20.9 Å². The standard InChI is InChI=1S/C32H41ClN6O5Si/c1-20-29(45(2,3)43)28(11-14-38-19-24(12-15-40)36-37-38)44-32(20)25-17-22(33)9-10-27(25)39(31(32)42)18-21-6-4-7-23(16-21)35-30(41)26-8-5-13-34-26/h4,6-7,9-10,16-17,19-20,26,28-29,34,40,43H,5,8,11-15,18H2,1-3H3,(H,35,41)/t20-,26-,28+,29-,32+/m1/s1. The highest BCUT2D eigenvalue weighted by Gasteiger charge is 2.66. The van der Waals surface area contributed by atoms with Crippen LogP contribution in [0.1, 0.15) is 43.0 Å². The van der Waals surface area contributed by atoms with E-state index >= 15 is 0 Å². The van der Waals surface area contributed by atoms with E-state index in [9.17, 15) is 19.5 Å². The van der Waals surface area contributed by atoms with E-state index in [-0.39, 0.29) is 42.5 Å². The number of rotatable bonds is 10. The van der Waals surface area contributed by atoms with Crippen molar-refractivity contribution >= 4 is 43.1 Å². The predicted molar refractivity (Wildman–Crippen MR) is 173 cm³/mol. The van der Waals surface area contributed by atoms with Crippen LogP contribution in [0.5, 0.6) is 0 Å². The highest BCUT2D eigenvalue weighted by molar-refractivity contribution is 6.71. The number of fused-ring (bicyclic) bond motifs is 2. The fourth-order valence-electron chi connectivity index (χ4n) is 7.48. The monoisotopic (exact) mass is 652 g/mol. The number of aliphatic hydroxyl groups excluding tert-OH is 1. The Morgan fingerprint density at radius 1 is 1.27 bits per heavy atom. The maximum atomic E-state index is 14.7. The van der Waals surface area contributed by atoms with Gasteiger partial charge in [0.2, 0.25) is 5.91 Å². The van der Waals surface area contributed by atoms with Gasteiger partial charge in [-0.15, -0.1) is 5.10 Å². The molecule has 0 bridgehead atoms. The minimum atomic E-state index is -2.84. The second-order valence-corrected chi connectivity index (χ2v) is 17.4. The Labute approximate surface area is 269 Å². The van der Waals surface area contributed by atoms with Gasteiger partial charge in [0.1, 0.15) is 0 Å². The number of aryl methyl sites for hydroxylation is 1. The molecule has 3 aliphatic rings. The highest BCUT2D eigenvalue weighted by atomic mass is 35.5. The number of nitrogens with zero attached hydrogens (tertiary/aromatic N) is 4. The van der Waals surface area contributed by atoms with Crippen molar-refractivity contribution in [2.24, 2.45) is 5.92 Å². The number of carbonyl (C=O) groups is 2. The van der Waals surface area contributed by atoms with Gasteiger partial charge >= 0.3 is 0 Å². The van der Waals surface area contributed by atoms with Crippen molar-refractivity contribution in [3.8, 4) is 0 Å². The topological polar surface area (TPSA) is 142 Å². The molecule has 0 aliphatic carbocycles. The van der Waals surface area contributed by atoms with Crippen molar-refractivity contribution < 1.29 is 24.2 Å². The summed E-state index contributed by atoms with van der Waals surface area (Å²) in [6.07, 6.45) is 4.14. The van der Waals surface area contributed by atoms with Crippen LogP contribution in [0.25, 0.3) is 0 Å². The first kappa shape index (κ1) is 31.8. The maximum Gasteiger partial charge on any atom is 0.264 e. The van der Waals surface area contributed by atoms with Gasteiger partial charge in [-0.05, 0) is 74.8 Å². The maximum absolute atomic E-state index is 14.7. The van der Waals surface area contributed by atoms with E-state index in [4.69, 9.17) is 16.3 Å². The van der Waals surface area contributed by atoms with E-state index < -0.39 is 20.0 Å². The van der Waals surface area contributed by atoms with Crippen molar-refractivity contribution in [2.75, 3.05) is 23.4 Å². The van der Waals surface area contributed by atoms with Crippen molar-refractivity contribution in [1.82, 2.24) is 20.3 Å². The number of benzene rings is 2. The molecule has 1 spiro atoms. The molecule has 240 valence electrons. The molecule has 2 aromatic carbocycles. The summed E-state index contributed by atoms with van der Waals surface area (Å²) >= 11 is 6.54. The van der Waals surface area contributed by atoms with Crippen molar-refractivity contribution in [3.05, 3.63) is 70.5 Å². The fraction of sp³-hybridized carbons (Fsp3) is 0.500. The van der Waals surface area contributed by atoms with Crippen LogP contribution in [0.15, 0.2) is 48.7 Å². The largest absolute Gasteiger partial charge is 0.432 e. The number of hydrogen-bond acceptors (Lipinski definition) is 8. The molecule has 3 aromatic rings. The number of nitrogens with one attached hydrogen (secondary N) is 2. The van der Waals surface area contributed by atoms with Crippen LogP contribution >= 0.6 is 11.6 Å². The van der Waals surface area contributed by atoms with E-state index in [0.29, 0.717) is 41.4 Å². The van der Waals surface area contributed by atoms with E-state index in [1.165, 1.54) is 0 Å². The summed E-state index contributed by atoms with van der Waals surface area (Å²) < 4.78 is 8.61. The first-order valence-corrected chi connectivity index (χ1v) is 19.1. The fourth-order valence-corrected chi connectivity index (χ4v) is 10.3. The number of halogens is 1. The van der Waals surface area contributed by atoms with Gasteiger partial charge < -0.3 is 30.2 Å². The molecule has 11 nitrogen and oxygen atoms in total. The lowest BCUT2D eigenvalue weighted by Gasteiger charge is -2.32. The van der Waals surface area contributed by atoms with Gasteiger partial charge in [0.05, 0.1) is 30.1 Å². The van der Waals surface area contributed by atoms with Crippen LogP contribution in [0.3, 0.4) is 0 Å². The number of amides is 2. The van der Waals surface area contributed by atoms with Crippen molar-refractivity contribution in [2.45, 2.75) is 82.1 Å². The molecule has 4 N–H and O–H groups in total. The van der Waals surface area contributed by atoms with Crippen LogP contribution in [-0.4, -0.2) is 70.3 Å². The quantitative estimate of drug-likeness (QED) is 0.244. The lowest BCUT2D eigenvalue weighted by atomic mass is 9.82. The van der Waals surface area contributed by atoms with Crippen LogP contribution in [0.2, 0.25) is 23.7 Å². The molecule has 3 aliphatic heterocycles. The van der Waals surface area contributed by atoms with Crippen molar-refractivity contribution in [1.29, 1.82) is 0 Å². The molecule has 0 radical (unpaired) electrons. The third kappa shape index (κ3) is 6.07. The van der Waals surface area contributed by atoms with Crippen LogP contribution in [-0.2, 0) is 39.4 Å². The Balaban J connectivity index is 1.28. The van der Waals surface area contributed by atoms with Crippen LogP contribution < -0.4 is 15.5 Å². The third-order valence-electron chi connectivity index (χ3n) is 9.45. The van der Waals surface area contributed by atoms with Gasteiger partial charge in [0.25, 0.3) is 5.91 Å². The van der Waals surface area contributed by atoms with Gasteiger partial charge in [-0.3, -0.25) is 14.3 Å². The van der Waals surface area contributed by atoms with Gasteiger partial charge in [-0.2, -0.15) is 0 Å². The molecule has 0 unspecified atom stereocenters. The lowest BCUT2D eigenvalue weighted by Crippen LogP contribution is -2.46. The molecule has 2 fully saturated rings. The Kier molecular flexibility index (Phi) is 8.90. The molecule has 45 heavy (non-hydrogen) atoms. The van der Waals surface area contributed by atoms with Crippen LogP contribution in [0.4, 0.5) is 11.4 Å². The summed E-state index contributed by atoms with van der Waals surface area (Å²) in [6, 6.07) is 12.8. The number of hydrogen-bond donors (Lipinski definition) is 4. The van der Waals surface area contributed by atoms with E-state index in [1.807, 2.05) is 56.4 Å². The zero-order valence-electron chi connectivity index (χ0n) is 25.9. The highest BCUT2D eigenvalue weighted by Crippen LogP contribution is 2.60. The summed E-state index contributed by atoms with van der Waals surface area (Å²) in [7, 11) is -2.84. The van der Waals surface area contributed by atoms with Gasteiger partial charge in [0.15, 0.2) is 13.9 Å². The Morgan fingerprint density at radius 2 is 2.09 bits per heavy atom. The molecule has 6 rings (SSSR count). The summed E-state index contributed by atoms with van der Waals surface area (Å²) in [6.45, 7) is 7.40. The second-order valence-electron chi connectivity index (χ2n) is 13.0. The second kappa shape index (κ2) is 12.6. The van der Waals surface area contributed by atoms with Gasteiger partial charge in [0, 0.05) is 53.5 Å². The van der Waals surface area contributed by atoms with Crippen molar-refractivity contribution in [3.63, 3.8) is 0 Å². The minimum Gasteiger partial charge on any atom is -0.432 e. The molecule has 4 heterocycles. The molecule has 0 saturated carbocycles. The molecule has 13 heteroatoms. The third-order valence-corrected chi connectivity index (χ3v) is 12.2. The number of anilines is 2. The molecule has 2 amide bonds. The minimum absolute atomic E-state index is 0.00566. The zero-order chi connectivity index (χ0) is 31.9. The zero-order valence-corrected chi connectivity index (χ0v) is 27.6. The number of ether oxygens (including phenoxy) is 1. The van der Waals surface area contributed by atoms with E-state index in [1.54, 1.807) is 21.8 Å². The average Bonchev–Trinajstić information content (AvgIpc) is 3.77. The molecular formula is C32H41ClN6O5Si. The number of carbonyl (C=O) groups excluding carboxylic acids is 2. The lowest BCUT2D eigenvalue weighted by molar-refractivity contribution is -0.146. The number of aromatic nitrogens is 3. The number of aliphatic hydroxyl groups is 1. The first-order valence-electron chi connectivity index (χ1n) is 15.7. The van der Waals surface area contributed by atoms with Gasteiger partial charge in [-0.25, -0.2) is 0 Å². The smallest absolute Gasteiger partial charge is 0.264 e. The molecule has 2 saturated heterocycles. The summed E-state index contributed by atoms with van der Waals surface area (Å²) in [5.74, 6) is -0.569.